The largest absolute Gasteiger partial charge is 0.536 e. The maximum absolute atomic E-state index is 13.2. The molecule has 0 N–H and O–H groups in total. The van der Waals surface area contributed by atoms with Crippen LogP contribution in [-0.2, 0) is 14.4 Å². The van der Waals surface area contributed by atoms with E-state index in [4.69, 9.17) is 4.74 Å². The maximum atomic E-state index is 13.2. The SMILES string of the molecule is COc1ccc(C(=O)/C(CC2CCCC2)=N/OS(=O)(=O)C(F)(F)F)c2ccccc12. The number of ether oxygens (including phenoxy) is 1. The summed E-state index contributed by atoms with van der Waals surface area (Å²) in [5.74, 6) is -0.139. The molecule has 162 valence electrons. The predicted molar refractivity (Wildman–Crippen MR) is 105 cm³/mol. The predicted octanol–water partition coefficient (Wildman–Crippen LogP) is 4.83. The first-order valence-corrected chi connectivity index (χ1v) is 10.7. The van der Waals surface area contributed by atoms with Gasteiger partial charge in [-0.05, 0) is 29.9 Å². The molecule has 1 fully saturated rings. The van der Waals surface area contributed by atoms with Crippen molar-refractivity contribution in [3.8, 4) is 5.75 Å². The smallest absolute Gasteiger partial charge is 0.496 e. The zero-order chi connectivity index (χ0) is 21.9. The molecule has 0 heterocycles. The van der Waals surface area contributed by atoms with Crippen molar-refractivity contribution in [3.05, 3.63) is 42.0 Å². The van der Waals surface area contributed by atoms with Gasteiger partial charge in [0, 0.05) is 10.9 Å². The Kier molecular flexibility index (Phi) is 6.35. The van der Waals surface area contributed by atoms with Crippen molar-refractivity contribution in [2.45, 2.75) is 37.6 Å². The van der Waals surface area contributed by atoms with E-state index < -0.39 is 21.4 Å². The van der Waals surface area contributed by atoms with Gasteiger partial charge in [-0.15, -0.1) is 0 Å². The van der Waals surface area contributed by atoms with Gasteiger partial charge in [0.1, 0.15) is 11.5 Å². The zero-order valence-corrected chi connectivity index (χ0v) is 16.9. The highest BCUT2D eigenvalue weighted by Gasteiger charge is 2.49. The second-order valence-corrected chi connectivity index (χ2v) is 8.58. The van der Waals surface area contributed by atoms with Crippen molar-refractivity contribution < 1.29 is 35.4 Å². The molecule has 0 radical (unpaired) electrons. The highest BCUT2D eigenvalue weighted by Crippen LogP contribution is 2.32. The van der Waals surface area contributed by atoms with E-state index in [1.807, 2.05) is 0 Å². The van der Waals surface area contributed by atoms with E-state index in [9.17, 15) is 26.4 Å². The third-order valence-electron chi connectivity index (χ3n) is 5.10. The van der Waals surface area contributed by atoms with Gasteiger partial charge in [-0.25, -0.2) is 0 Å². The first-order chi connectivity index (χ1) is 14.1. The van der Waals surface area contributed by atoms with E-state index >= 15 is 0 Å². The summed E-state index contributed by atoms with van der Waals surface area (Å²) in [6, 6.07) is 9.92. The van der Waals surface area contributed by atoms with Gasteiger partial charge in [0.05, 0.1) is 7.11 Å². The standard InChI is InChI=1S/C20H20F3NO5S/c1-28-18-11-10-16(14-8-4-5-9-15(14)18)19(25)17(12-13-6-2-3-7-13)24-29-30(26,27)20(21,22)23/h4-5,8-11,13H,2-3,6-7,12H2,1H3/b24-17+. The highest BCUT2D eigenvalue weighted by atomic mass is 32.2. The lowest BCUT2D eigenvalue weighted by molar-refractivity contribution is -0.0541. The average Bonchev–Trinajstić information content (AvgIpc) is 3.22. The van der Waals surface area contributed by atoms with Gasteiger partial charge in [-0.2, -0.15) is 21.6 Å². The van der Waals surface area contributed by atoms with Crippen molar-refractivity contribution in [1.29, 1.82) is 0 Å². The van der Waals surface area contributed by atoms with Gasteiger partial charge < -0.3 is 4.74 Å². The van der Waals surface area contributed by atoms with Crippen LogP contribution in [0.4, 0.5) is 13.2 Å². The Morgan fingerprint density at radius 2 is 1.73 bits per heavy atom. The monoisotopic (exact) mass is 443 g/mol. The Labute approximate surface area is 171 Å². The van der Waals surface area contributed by atoms with E-state index in [1.54, 1.807) is 30.3 Å². The van der Waals surface area contributed by atoms with Crippen LogP contribution < -0.4 is 4.74 Å². The van der Waals surface area contributed by atoms with Crippen LogP contribution in [0.15, 0.2) is 41.6 Å². The normalized spacial score (nSPS) is 16.1. The fourth-order valence-electron chi connectivity index (χ4n) is 3.60. The second-order valence-electron chi connectivity index (χ2n) is 7.06. The summed E-state index contributed by atoms with van der Waals surface area (Å²) in [5.41, 5.74) is -5.81. The van der Waals surface area contributed by atoms with Crippen molar-refractivity contribution >= 4 is 32.4 Å². The Bertz CT molecular complexity index is 1070. The van der Waals surface area contributed by atoms with Gasteiger partial charge in [0.2, 0.25) is 5.78 Å². The summed E-state index contributed by atoms with van der Waals surface area (Å²) in [5, 5.41) is 4.33. The van der Waals surface area contributed by atoms with Crippen LogP contribution in [0.2, 0.25) is 0 Å². The fourth-order valence-corrected chi connectivity index (χ4v) is 3.87. The Morgan fingerprint density at radius 1 is 1.10 bits per heavy atom. The molecule has 0 atom stereocenters. The molecule has 1 aliphatic rings. The number of carbonyl (C=O) groups excluding carboxylic acids is 1. The zero-order valence-electron chi connectivity index (χ0n) is 16.1. The van der Waals surface area contributed by atoms with Gasteiger partial charge in [-0.1, -0.05) is 55.1 Å². The number of nitrogens with zero attached hydrogens (tertiary/aromatic N) is 1. The lowest BCUT2D eigenvalue weighted by Gasteiger charge is -2.14. The molecule has 2 aromatic rings. The molecule has 2 aromatic carbocycles. The highest BCUT2D eigenvalue weighted by molar-refractivity contribution is 7.87. The Hall–Kier alpha value is -2.62. The summed E-state index contributed by atoms with van der Waals surface area (Å²) < 4.78 is 69.5. The molecular formula is C20H20F3NO5S. The van der Waals surface area contributed by atoms with Crippen LogP contribution in [0, 0.1) is 5.92 Å². The third kappa shape index (κ3) is 4.58. The molecule has 0 bridgehead atoms. The van der Waals surface area contributed by atoms with Crippen molar-refractivity contribution in [2.75, 3.05) is 7.11 Å². The third-order valence-corrected chi connectivity index (χ3v) is 5.93. The van der Waals surface area contributed by atoms with Gasteiger partial charge >= 0.3 is 15.6 Å². The minimum Gasteiger partial charge on any atom is -0.496 e. The van der Waals surface area contributed by atoms with Crippen LogP contribution in [0.1, 0.15) is 42.5 Å². The van der Waals surface area contributed by atoms with Crippen molar-refractivity contribution in [1.82, 2.24) is 0 Å². The van der Waals surface area contributed by atoms with Crippen LogP contribution in [0.25, 0.3) is 10.8 Å². The van der Waals surface area contributed by atoms with Crippen LogP contribution >= 0.6 is 0 Å². The van der Waals surface area contributed by atoms with E-state index in [1.165, 1.54) is 13.2 Å². The number of carbonyl (C=O) groups is 1. The summed E-state index contributed by atoms with van der Waals surface area (Å²) in [4.78, 5) is 13.2. The first-order valence-electron chi connectivity index (χ1n) is 9.31. The molecule has 30 heavy (non-hydrogen) atoms. The molecule has 10 heteroatoms. The van der Waals surface area contributed by atoms with Crippen LogP contribution in [0.5, 0.6) is 5.75 Å². The number of benzene rings is 2. The number of rotatable bonds is 7. The number of hydrogen-bond donors (Lipinski definition) is 0. The number of ketones is 1. The first kappa shape index (κ1) is 22.1. The molecule has 3 rings (SSSR count). The fraction of sp³-hybridized carbons (Fsp3) is 0.400. The number of alkyl halides is 3. The van der Waals surface area contributed by atoms with Crippen LogP contribution in [0.3, 0.4) is 0 Å². The minimum atomic E-state index is -5.96. The molecule has 0 spiro atoms. The molecular weight excluding hydrogens is 423 g/mol. The molecule has 6 nitrogen and oxygen atoms in total. The number of Topliss-reactive ketones (excluding diaryl/α,β-unsaturated/α-hetero) is 1. The van der Waals surface area contributed by atoms with Crippen molar-refractivity contribution in [3.63, 3.8) is 0 Å². The topological polar surface area (TPSA) is 82.0 Å². The number of oxime groups is 1. The van der Waals surface area contributed by atoms with Crippen molar-refractivity contribution in [2.24, 2.45) is 11.1 Å². The number of hydrogen-bond acceptors (Lipinski definition) is 6. The lowest BCUT2D eigenvalue weighted by Crippen LogP contribution is -2.26. The molecule has 0 amide bonds. The quantitative estimate of drug-likeness (QED) is 0.265. The number of fused-ring (bicyclic) bond motifs is 1. The molecule has 0 saturated heterocycles. The maximum Gasteiger partial charge on any atom is 0.536 e. The molecule has 0 unspecified atom stereocenters. The Balaban J connectivity index is 2.02. The molecule has 1 saturated carbocycles. The van der Waals surface area contributed by atoms with E-state index in [0.29, 0.717) is 16.5 Å². The summed E-state index contributed by atoms with van der Waals surface area (Å²) in [7, 11) is -4.48. The summed E-state index contributed by atoms with van der Waals surface area (Å²) in [6.45, 7) is 0. The molecule has 0 aromatic heterocycles. The molecule has 1 aliphatic carbocycles. The second kappa shape index (κ2) is 8.63. The van der Waals surface area contributed by atoms with Gasteiger partial charge in [0.25, 0.3) is 0 Å². The number of methoxy groups -OCH3 is 1. The van der Waals surface area contributed by atoms with E-state index in [2.05, 4.69) is 9.44 Å². The van der Waals surface area contributed by atoms with E-state index in [0.717, 1.165) is 25.7 Å². The van der Waals surface area contributed by atoms with E-state index in [-0.39, 0.29) is 23.6 Å². The summed E-state index contributed by atoms with van der Waals surface area (Å²) in [6.07, 6.45) is 3.45. The minimum absolute atomic E-state index is 0.0226. The molecule has 0 aliphatic heterocycles. The lowest BCUT2D eigenvalue weighted by atomic mass is 9.93. The summed E-state index contributed by atoms with van der Waals surface area (Å²) >= 11 is 0. The Morgan fingerprint density at radius 3 is 2.33 bits per heavy atom. The van der Waals surface area contributed by atoms with Gasteiger partial charge in [0.15, 0.2) is 0 Å². The van der Waals surface area contributed by atoms with Crippen LogP contribution in [-0.4, -0.2) is 32.5 Å². The van der Waals surface area contributed by atoms with Gasteiger partial charge in [-0.3, -0.25) is 9.08 Å². The number of halogens is 3. The average molecular weight is 443 g/mol.